The molecule has 7 nitrogen and oxygen atoms in total. The molecule has 0 aliphatic heterocycles. The number of nitrogens with one attached hydrogen (secondary N) is 2. The van der Waals surface area contributed by atoms with Gasteiger partial charge in [-0.3, -0.25) is 14.3 Å². The van der Waals surface area contributed by atoms with Crippen molar-refractivity contribution in [3.8, 4) is 5.75 Å². The molecule has 0 radical (unpaired) electrons. The molecule has 0 bridgehead atoms. The summed E-state index contributed by atoms with van der Waals surface area (Å²) in [5.41, 5.74) is 5.33. The molecule has 4 aromatic rings. The highest BCUT2D eigenvalue weighted by atomic mass is 16.5. The van der Waals surface area contributed by atoms with Crippen molar-refractivity contribution in [2.75, 3.05) is 12.4 Å². The molecule has 0 spiro atoms. The predicted octanol–water partition coefficient (Wildman–Crippen LogP) is 4.74. The number of para-hydroxylation sites is 1. The number of rotatable bonds is 8. The maximum Gasteiger partial charge on any atom is 0.255 e. The molecule has 0 unspecified atom stereocenters. The number of aryl methyl sites for hydroxylation is 1. The topological polar surface area (TPSA) is 85.3 Å². The van der Waals surface area contributed by atoms with Crippen molar-refractivity contribution >= 4 is 17.5 Å². The van der Waals surface area contributed by atoms with Crippen molar-refractivity contribution in [1.82, 2.24) is 15.1 Å². The third-order valence-corrected chi connectivity index (χ3v) is 5.73. The molecule has 0 aliphatic carbocycles. The Morgan fingerprint density at radius 1 is 0.857 bits per heavy atom. The van der Waals surface area contributed by atoms with Crippen LogP contribution in [0.3, 0.4) is 0 Å². The molecule has 0 fully saturated rings. The third kappa shape index (κ3) is 5.76. The van der Waals surface area contributed by atoms with E-state index in [0.29, 0.717) is 30.0 Å². The van der Waals surface area contributed by atoms with Crippen LogP contribution in [0, 0.1) is 13.8 Å². The molecule has 2 N–H and O–H groups in total. The van der Waals surface area contributed by atoms with Crippen LogP contribution >= 0.6 is 0 Å². The van der Waals surface area contributed by atoms with Gasteiger partial charge in [-0.05, 0) is 61.4 Å². The first-order valence-electron chi connectivity index (χ1n) is 11.4. The number of ether oxygens (including phenoxy) is 1. The van der Waals surface area contributed by atoms with Crippen molar-refractivity contribution in [2.24, 2.45) is 0 Å². The van der Waals surface area contributed by atoms with Gasteiger partial charge in [-0.25, -0.2) is 0 Å². The summed E-state index contributed by atoms with van der Waals surface area (Å²) in [7, 11) is 1.61. The first-order chi connectivity index (χ1) is 16.9. The van der Waals surface area contributed by atoms with E-state index in [9.17, 15) is 9.59 Å². The van der Waals surface area contributed by atoms with Gasteiger partial charge in [0, 0.05) is 18.2 Å². The summed E-state index contributed by atoms with van der Waals surface area (Å²) in [6.45, 7) is 4.70. The predicted molar refractivity (Wildman–Crippen MR) is 136 cm³/mol. The highest BCUT2D eigenvalue weighted by Crippen LogP contribution is 2.22. The van der Waals surface area contributed by atoms with E-state index in [4.69, 9.17) is 4.74 Å². The average molecular weight is 469 g/mol. The molecule has 3 aromatic carbocycles. The van der Waals surface area contributed by atoms with Crippen LogP contribution in [0.25, 0.3) is 0 Å². The summed E-state index contributed by atoms with van der Waals surface area (Å²) in [4.78, 5) is 24.8. The molecule has 2 amide bonds. The highest BCUT2D eigenvalue weighted by molar-refractivity contribution is 6.04. The Morgan fingerprint density at radius 2 is 1.60 bits per heavy atom. The first kappa shape index (κ1) is 23.8. The second-order valence-corrected chi connectivity index (χ2v) is 8.24. The number of anilines is 1. The Labute approximate surface area is 204 Å². The van der Waals surface area contributed by atoms with Crippen LogP contribution < -0.4 is 15.4 Å². The fraction of sp³-hybridized carbons (Fsp3) is 0.179. The molecular weight excluding hydrogens is 440 g/mol. The summed E-state index contributed by atoms with van der Waals surface area (Å²) in [5, 5.41) is 10.2. The second-order valence-electron chi connectivity index (χ2n) is 8.24. The smallest absolute Gasteiger partial charge is 0.255 e. The maximum absolute atomic E-state index is 12.9. The lowest BCUT2D eigenvalue weighted by Crippen LogP contribution is -2.18. The van der Waals surface area contributed by atoms with E-state index in [-0.39, 0.29) is 11.8 Å². The van der Waals surface area contributed by atoms with Gasteiger partial charge in [-0.1, -0.05) is 42.5 Å². The number of aromatic nitrogens is 2. The number of carbonyl (C=O) groups excluding carboxylic acids is 2. The standard InChI is InChI=1S/C28H28N4O3/c1-19-26(20(2)32(31-19)17-22-8-7-9-24(16-22)27(33)29-3)30-28(34)23-14-12-21(13-15-23)18-35-25-10-5-4-6-11-25/h4-16H,17-18H2,1-3H3,(H,29,33)(H,30,34). The molecule has 4 rings (SSSR count). The van der Waals surface area contributed by atoms with Crippen LogP contribution in [-0.4, -0.2) is 28.6 Å². The highest BCUT2D eigenvalue weighted by Gasteiger charge is 2.16. The van der Waals surface area contributed by atoms with Gasteiger partial charge in [0.2, 0.25) is 0 Å². The van der Waals surface area contributed by atoms with Gasteiger partial charge < -0.3 is 15.4 Å². The van der Waals surface area contributed by atoms with Crippen molar-refractivity contribution < 1.29 is 14.3 Å². The molecular formula is C28H28N4O3. The van der Waals surface area contributed by atoms with Crippen molar-refractivity contribution in [3.05, 3.63) is 113 Å². The van der Waals surface area contributed by atoms with Gasteiger partial charge in [0.05, 0.1) is 23.6 Å². The van der Waals surface area contributed by atoms with Gasteiger partial charge in [-0.2, -0.15) is 5.10 Å². The summed E-state index contributed by atoms with van der Waals surface area (Å²) in [5.74, 6) is 0.469. The van der Waals surface area contributed by atoms with Crippen LogP contribution in [0.5, 0.6) is 5.75 Å². The van der Waals surface area contributed by atoms with E-state index in [1.54, 1.807) is 25.2 Å². The molecule has 178 valence electrons. The lowest BCUT2D eigenvalue weighted by molar-refractivity contribution is 0.0962. The van der Waals surface area contributed by atoms with E-state index < -0.39 is 0 Å². The van der Waals surface area contributed by atoms with Crippen molar-refractivity contribution in [2.45, 2.75) is 27.0 Å². The molecule has 7 heteroatoms. The van der Waals surface area contributed by atoms with Crippen molar-refractivity contribution in [3.63, 3.8) is 0 Å². The van der Waals surface area contributed by atoms with Gasteiger partial charge in [0.15, 0.2) is 0 Å². The van der Waals surface area contributed by atoms with Crippen LogP contribution in [0.2, 0.25) is 0 Å². The second kappa shape index (κ2) is 10.7. The van der Waals surface area contributed by atoms with E-state index >= 15 is 0 Å². The number of amides is 2. The van der Waals surface area contributed by atoms with E-state index in [1.165, 1.54) is 0 Å². The molecule has 1 heterocycles. The summed E-state index contributed by atoms with van der Waals surface area (Å²) < 4.78 is 7.60. The fourth-order valence-corrected chi connectivity index (χ4v) is 3.78. The van der Waals surface area contributed by atoms with Crippen LogP contribution in [0.15, 0.2) is 78.9 Å². The fourth-order valence-electron chi connectivity index (χ4n) is 3.78. The van der Waals surface area contributed by atoms with E-state index in [0.717, 1.165) is 28.3 Å². The lowest BCUT2D eigenvalue weighted by Gasteiger charge is -2.09. The number of benzene rings is 3. The lowest BCUT2D eigenvalue weighted by atomic mass is 10.1. The van der Waals surface area contributed by atoms with Crippen LogP contribution in [-0.2, 0) is 13.2 Å². The molecule has 0 saturated heterocycles. The van der Waals surface area contributed by atoms with Crippen LogP contribution in [0.1, 0.15) is 43.2 Å². The Morgan fingerprint density at radius 3 is 2.31 bits per heavy atom. The van der Waals surface area contributed by atoms with E-state index in [1.807, 2.05) is 79.2 Å². The normalized spacial score (nSPS) is 10.6. The monoisotopic (exact) mass is 468 g/mol. The number of hydrogen-bond acceptors (Lipinski definition) is 4. The minimum absolute atomic E-state index is 0.134. The Bertz CT molecular complexity index is 1330. The van der Waals surface area contributed by atoms with Gasteiger partial charge >= 0.3 is 0 Å². The molecule has 35 heavy (non-hydrogen) atoms. The SMILES string of the molecule is CNC(=O)c1cccc(Cn2nc(C)c(NC(=O)c3ccc(COc4ccccc4)cc3)c2C)c1. The first-order valence-corrected chi connectivity index (χ1v) is 11.4. The summed E-state index contributed by atoms with van der Waals surface area (Å²) >= 11 is 0. The average Bonchev–Trinajstić information content (AvgIpc) is 3.15. The number of hydrogen-bond donors (Lipinski definition) is 2. The zero-order chi connectivity index (χ0) is 24.8. The molecule has 0 aliphatic rings. The zero-order valence-electron chi connectivity index (χ0n) is 20.0. The summed E-state index contributed by atoms with van der Waals surface area (Å²) in [6.07, 6.45) is 0. The minimum atomic E-state index is -0.201. The number of carbonyl (C=O) groups is 2. The van der Waals surface area contributed by atoms with Crippen molar-refractivity contribution in [1.29, 1.82) is 0 Å². The van der Waals surface area contributed by atoms with Gasteiger partial charge in [-0.15, -0.1) is 0 Å². The molecule has 0 atom stereocenters. The Hall–Kier alpha value is -4.39. The van der Waals surface area contributed by atoms with E-state index in [2.05, 4.69) is 15.7 Å². The molecule has 0 saturated carbocycles. The van der Waals surface area contributed by atoms with Gasteiger partial charge in [0.25, 0.3) is 11.8 Å². The zero-order valence-corrected chi connectivity index (χ0v) is 20.0. The maximum atomic E-state index is 12.9. The number of nitrogens with zero attached hydrogens (tertiary/aromatic N) is 2. The Kier molecular flexibility index (Phi) is 7.26. The summed E-state index contributed by atoms with van der Waals surface area (Å²) in [6, 6.07) is 24.4. The minimum Gasteiger partial charge on any atom is -0.489 e. The van der Waals surface area contributed by atoms with Gasteiger partial charge in [0.1, 0.15) is 12.4 Å². The Balaban J connectivity index is 1.42. The quantitative estimate of drug-likeness (QED) is 0.391. The molecule has 1 aromatic heterocycles. The third-order valence-electron chi connectivity index (χ3n) is 5.73. The van der Waals surface area contributed by atoms with Crippen LogP contribution in [0.4, 0.5) is 5.69 Å². The largest absolute Gasteiger partial charge is 0.489 e.